The molecule has 0 radical (unpaired) electrons. The average molecular weight is 418 g/mol. The van der Waals surface area contributed by atoms with Crippen molar-refractivity contribution in [2.24, 2.45) is 0 Å². The van der Waals surface area contributed by atoms with Crippen molar-refractivity contribution in [3.8, 4) is 0 Å². The number of nitrogens with one attached hydrogen (secondary N) is 1. The number of carbonyl (C=O) groups excluding carboxylic acids is 2. The Balaban J connectivity index is 1.72. The Hall–Kier alpha value is -3.12. The lowest BCUT2D eigenvalue weighted by Gasteiger charge is -2.51. The molecule has 1 N–H and O–H groups in total. The second kappa shape index (κ2) is 7.24. The van der Waals surface area contributed by atoms with E-state index in [-0.39, 0.29) is 24.3 Å². The number of benzene rings is 2. The van der Waals surface area contributed by atoms with E-state index in [1.165, 1.54) is 5.56 Å². The Morgan fingerprint density at radius 3 is 2.61 bits per heavy atom. The van der Waals surface area contributed by atoms with Gasteiger partial charge in [0.05, 0.1) is 18.8 Å². The van der Waals surface area contributed by atoms with Gasteiger partial charge < -0.3 is 19.5 Å². The van der Waals surface area contributed by atoms with Crippen LogP contribution in [0.3, 0.4) is 0 Å². The molecule has 0 aliphatic carbocycles. The summed E-state index contributed by atoms with van der Waals surface area (Å²) in [6.07, 6.45) is 0. The number of para-hydroxylation sites is 1. The smallest absolute Gasteiger partial charge is 0.255 e. The monoisotopic (exact) mass is 417 g/mol. The first-order chi connectivity index (χ1) is 14.9. The fraction of sp³-hybridized carbons (Fsp3) is 0.360. The van der Waals surface area contributed by atoms with Crippen molar-refractivity contribution >= 4 is 22.7 Å². The van der Waals surface area contributed by atoms with Crippen molar-refractivity contribution in [3.05, 3.63) is 70.9 Å². The SMILES string of the molecule is COCCN1CC(=O)N2C[C@H](c3ccc(C)cc3)c3c([nH]c4ccccc34)[C@@]2(C)C1=O. The van der Waals surface area contributed by atoms with Gasteiger partial charge in [0.1, 0.15) is 0 Å². The van der Waals surface area contributed by atoms with Crippen LogP contribution in [0.4, 0.5) is 0 Å². The molecular weight excluding hydrogens is 390 g/mol. The summed E-state index contributed by atoms with van der Waals surface area (Å²) in [7, 11) is 1.60. The Morgan fingerprint density at radius 1 is 1.13 bits per heavy atom. The third-order valence-electron chi connectivity index (χ3n) is 6.86. The van der Waals surface area contributed by atoms with Gasteiger partial charge in [0.25, 0.3) is 5.91 Å². The van der Waals surface area contributed by atoms with Crippen molar-refractivity contribution in [3.63, 3.8) is 0 Å². The molecule has 0 spiro atoms. The number of amides is 2. The van der Waals surface area contributed by atoms with E-state index in [4.69, 9.17) is 4.74 Å². The molecule has 3 heterocycles. The first-order valence-electron chi connectivity index (χ1n) is 10.7. The maximum absolute atomic E-state index is 13.7. The largest absolute Gasteiger partial charge is 0.383 e. The maximum Gasteiger partial charge on any atom is 0.255 e. The minimum atomic E-state index is -1.06. The molecule has 0 saturated carbocycles. The van der Waals surface area contributed by atoms with Gasteiger partial charge in [-0.15, -0.1) is 0 Å². The van der Waals surface area contributed by atoms with Crippen LogP contribution in [0.15, 0.2) is 48.5 Å². The van der Waals surface area contributed by atoms with Crippen LogP contribution < -0.4 is 0 Å². The third-order valence-corrected chi connectivity index (χ3v) is 6.86. The molecular formula is C25H27N3O3. The number of nitrogens with zero attached hydrogens (tertiary/aromatic N) is 2. The van der Waals surface area contributed by atoms with E-state index in [1.54, 1.807) is 16.9 Å². The summed E-state index contributed by atoms with van der Waals surface area (Å²) < 4.78 is 5.17. The third kappa shape index (κ3) is 2.89. The van der Waals surface area contributed by atoms with Crippen LogP contribution >= 0.6 is 0 Å². The topological polar surface area (TPSA) is 65.6 Å². The van der Waals surface area contributed by atoms with Crippen LogP contribution in [0.1, 0.15) is 35.2 Å². The molecule has 1 fully saturated rings. The molecule has 31 heavy (non-hydrogen) atoms. The second-order valence-corrected chi connectivity index (χ2v) is 8.72. The molecule has 0 bridgehead atoms. The minimum absolute atomic E-state index is 0.00194. The number of hydrogen-bond acceptors (Lipinski definition) is 3. The molecule has 2 amide bonds. The zero-order valence-electron chi connectivity index (χ0n) is 18.1. The standard InChI is InChI=1S/C25H27N3O3/c1-16-8-10-17(11-9-16)19-14-28-21(29)15-27(12-13-31-3)24(30)25(28,2)23-22(19)18-6-4-5-7-20(18)26-23/h4-11,19,26H,12-15H2,1-3H3/t19-,25+/m1/s1. The summed E-state index contributed by atoms with van der Waals surface area (Å²) in [6.45, 7) is 5.33. The number of hydrogen-bond donors (Lipinski definition) is 1. The number of carbonyl (C=O) groups is 2. The highest BCUT2D eigenvalue weighted by atomic mass is 16.5. The maximum atomic E-state index is 13.7. The zero-order valence-corrected chi connectivity index (χ0v) is 18.1. The average Bonchev–Trinajstić information content (AvgIpc) is 3.17. The van der Waals surface area contributed by atoms with Crippen molar-refractivity contribution in [1.82, 2.24) is 14.8 Å². The normalized spacial score (nSPS) is 23.3. The fourth-order valence-corrected chi connectivity index (χ4v) is 5.16. The van der Waals surface area contributed by atoms with E-state index in [2.05, 4.69) is 42.2 Å². The molecule has 6 heteroatoms. The Bertz CT molecular complexity index is 1170. The highest BCUT2D eigenvalue weighted by Gasteiger charge is 2.56. The molecule has 160 valence electrons. The number of fused-ring (bicyclic) bond motifs is 5. The van der Waals surface area contributed by atoms with E-state index in [1.807, 2.05) is 25.1 Å². The number of ether oxygens (including phenoxy) is 1. The molecule has 2 aliphatic rings. The van der Waals surface area contributed by atoms with Gasteiger partial charge in [0, 0.05) is 37.0 Å². The number of methoxy groups -OCH3 is 1. The van der Waals surface area contributed by atoms with E-state index >= 15 is 0 Å². The van der Waals surface area contributed by atoms with Gasteiger partial charge >= 0.3 is 0 Å². The molecule has 2 aliphatic heterocycles. The molecule has 1 saturated heterocycles. The lowest BCUT2D eigenvalue weighted by molar-refractivity contribution is -0.166. The molecule has 3 aromatic rings. The van der Waals surface area contributed by atoms with Crippen LogP contribution in [0.25, 0.3) is 10.9 Å². The summed E-state index contributed by atoms with van der Waals surface area (Å²) in [5, 5.41) is 1.11. The molecule has 1 aromatic heterocycles. The molecule has 6 nitrogen and oxygen atoms in total. The lowest BCUT2D eigenvalue weighted by atomic mass is 9.76. The number of aromatic nitrogens is 1. The van der Waals surface area contributed by atoms with Gasteiger partial charge in [-0.2, -0.15) is 0 Å². The lowest BCUT2D eigenvalue weighted by Crippen LogP contribution is -2.67. The van der Waals surface area contributed by atoms with Gasteiger partial charge in [-0.05, 0) is 31.0 Å². The Labute approximate surface area is 181 Å². The van der Waals surface area contributed by atoms with Gasteiger partial charge in [-0.25, -0.2) is 0 Å². The van der Waals surface area contributed by atoms with Gasteiger partial charge in [0.15, 0.2) is 5.54 Å². The summed E-state index contributed by atoms with van der Waals surface area (Å²) in [6, 6.07) is 16.6. The quantitative estimate of drug-likeness (QED) is 0.709. The number of aryl methyl sites for hydroxylation is 1. The highest BCUT2D eigenvalue weighted by molar-refractivity contribution is 6.01. The summed E-state index contributed by atoms with van der Waals surface area (Å²) in [5.74, 6) is -0.0824. The fourth-order valence-electron chi connectivity index (χ4n) is 5.16. The molecule has 2 atom stereocenters. The number of rotatable bonds is 4. The van der Waals surface area contributed by atoms with Crippen LogP contribution in [-0.4, -0.2) is 59.9 Å². The van der Waals surface area contributed by atoms with E-state index in [0.29, 0.717) is 19.7 Å². The van der Waals surface area contributed by atoms with Crippen LogP contribution in [0, 0.1) is 6.92 Å². The number of aromatic amines is 1. The predicted octanol–water partition coefficient (Wildman–Crippen LogP) is 3.15. The van der Waals surface area contributed by atoms with Crippen molar-refractivity contribution < 1.29 is 14.3 Å². The molecule has 5 rings (SSSR count). The Kier molecular flexibility index (Phi) is 4.63. The van der Waals surface area contributed by atoms with Crippen LogP contribution in [0.2, 0.25) is 0 Å². The van der Waals surface area contributed by atoms with E-state index < -0.39 is 5.54 Å². The van der Waals surface area contributed by atoms with Gasteiger partial charge in [0.2, 0.25) is 5.91 Å². The predicted molar refractivity (Wildman–Crippen MR) is 119 cm³/mol. The van der Waals surface area contributed by atoms with Gasteiger partial charge in [-0.3, -0.25) is 9.59 Å². The van der Waals surface area contributed by atoms with Crippen LogP contribution in [-0.2, 0) is 19.9 Å². The van der Waals surface area contributed by atoms with Crippen LogP contribution in [0.5, 0.6) is 0 Å². The van der Waals surface area contributed by atoms with E-state index in [0.717, 1.165) is 27.7 Å². The van der Waals surface area contributed by atoms with Gasteiger partial charge in [-0.1, -0.05) is 48.0 Å². The first-order valence-corrected chi connectivity index (χ1v) is 10.7. The highest BCUT2D eigenvalue weighted by Crippen LogP contribution is 2.48. The molecule has 0 unspecified atom stereocenters. The van der Waals surface area contributed by atoms with Crippen molar-refractivity contribution in [2.75, 3.05) is 33.4 Å². The number of H-pyrrole nitrogens is 1. The second-order valence-electron chi connectivity index (χ2n) is 8.72. The summed E-state index contributed by atoms with van der Waals surface area (Å²) in [4.78, 5) is 33.9. The first kappa shape index (κ1) is 19.8. The minimum Gasteiger partial charge on any atom is -0.383 e. The summed E-state index contributed by atoms with van der Waals surface area (Å²) in [5.41, 5.74) is 4.22. The number of piperazine rings is 1. The van der Waals surface area contributed by atoms with E-state index in [9.17, 15) is 9.59 Å². The van der Waals surface area contributed by atoms with Crippen molar-refractivity contribution in [2.45, 2.75) is 25.3 Å². The zero-order chi connectivity index (χ0) is 21.8. The summed E-state index contributed by atoms with van der Waals surface area (Å²) >= 11 is 0. The van der Waals surface area contributed by atoms with Crippen molar-refractivity contribution in [1.29, 1.82) is 0 Å². The molecule has 2 aromatic carbocycles. The Morgan fingerprint density at radius 2 is 1.87 bits per heavy atom.